The van der Waals surface area contributed by atoms with Crippen LogP contribution in [0.4, 0.5) is 14.6 Å². The van der Waals surface area contributed by atoms with Gasteiger partial charge in [-0.3, -0.25) is 4.68 Å². The molecule has 0 saturated heterocycles. The first-order valence-electron chi connectivity index (χ1n) is 4.67. The SMILES string of the molecule is Cc1cc(N)nn1CCC1CC1(F)F. The summed E-state index contributed by atoms with van der Waals surface area (Å²) in [4.78, 5) is 0. The van der Waals surface area contributed by atoms with Gasteiger partial charge in [-0.2, -0.15) is 5.10 Å². The second-order valence-corrected chi connectivity index (χ2v) is 3.88. The van der Waals surface area contributed by atoms with Crippen molar-refractivity contribution in [1.82, 2.24) is 9.78 Å². The van der Waals surface area contributed by atoms with Crippen molar-refractivity contribution in [3.63, 3.8) is 0 Å². The van der Waals surface area contributed by atoms with Crippen LogP contribution in [0.2, 0.25) is 0 Å². The van der Waals surface area contributed by atoms with Crippen LogP contribution in [0.3, 0.4) is 0 Å². The van der Waals surface area contributed by atoms with Gasteiger partial charge >= 0.3 is 0 Å². The number of hydrogen-bond donors (Lipinski definition) is 1. The molecular weight excluding hydrogens is 188 g/mol. The number of nitrogen functional groups attached to an aromatic ring is 1. The molecule has 2 N–H and O–H groups in total. The van der Waals surface area contributed by atoms with Crippen LogP contribution < -0.4 is 5.73 Å². The third kappa shape index (κ3) is 1.71. The van der Waals surface area contributed by atoms with Crippen LogP contribution in [0.15, 0.2) is 6.07 Å². The first-order chi connectivity index (χ1) is 6.49. The van der Waals surface area contributed by atoms with E-state index in [0.717, 1.165) is 5.69 Å². The minimum atomic E-state index is -2.42. The maximum absolute atomic E-state index is 12.6. The molecule has 2 rings (SSSR count). The van der Waals surface area contributed by atoms with Crippen molar-refractivity contribution in [3.8, 4) is 0 Å². The standard InChI is InChI=1S/C9H13F2N3/c1-6-4-8(12)13-14(6)3-2-7-5-9(7,10)11/h4,7H,2-3,5H2,1H3,(H2,12,13). The van der Waals surface area contributed by atoms with Crippen molar-refractivity contribution in [3.05, 3.63) is 11.8 Å². The van der Waals surface area contributed by atoms with Crippen LogP contribution in [-0.4, -0.2) is 15.7 Å². The summed E-state index contributed by atoms with van der Waals surface area (Å²) in [6.07, 6.45) is 0.512. The maximum atomic E-state index is 12.6. The molecule has 1 saturated carbocycles. The molecule has 1 aliphatic carbocycles. The number of alkyl halides is 2. The topological polar surface area (TPSA) is 43.8 Å². The zero-order valence-corrected chi connectivity index (χ0v) is 8.00. The van der Waals surface area contributed by atoms with Crippen LogP contribution >= 0.6 is 0 Å². The third-order valence-electron chi connectivity index (χ3n) is 2.65. The highest BCUT2D eigenvalue weighted by atomic mass is 19.3. The lowest BCUT2D eigenvalue weighted by Crippen LogP contribution is -2.05. The largest absolute Gasteiger partial charge is 0.382 e. The number of nitrogens with two attached hydrogens (primary N) is 1. The van der Waals surface area contributed by atoms with Gasteiger partial charge in [0.25, 0.3) is 5.92 Å². The molecule has 0 spiro atoms. The number of rotatable bonds is 3. The Labute approximate surface area is 80.9 Å². The molecule has 1 aliphatic rings. The van der Waals surface area contributed by atoms with Crippen molar-refractivity contribution in [2.45, 2.75) is 32.2 Å². The fraction of sp³-hybridized carbons (Fsp3) is 0.667. The van der Waals surface area contributed by atoms with E-state index in [9.17, 15) is 8.78 Å². The lowest BCUT2D eigenvalue weighted by Gasteiger charge is -2.02. The van der Waals surface area contributed by atoms with Crippen LogP contribution in [0.1, 0.15) is 18.5 Å². The van der Waals surface area contributed by atoms with E-state index in [1.807, 2.05) is 6.92 Å². The summed E-state index contributed by atoms with van der Waals surface area (Å²) in [7, 11) is 0. The number of aryl methyl sites for hydroxylation is 2. The molecular formula is C9H13F2N3. The molecule has 3 nitrogen and oxygen atoms in total. The Morgan fingerprint density at radius 3 is 2.79 bits per heavy atom. The highest BCUT2D eigenvalue weighted by molar-refractivity contribution is 5.28. The number of hydrogen-bond acceptors (Lipinski definition) is 2. The minimum Gasteiger partial charge on any atom is -0.382 e. The van der Waals surface area contributed by atoms with Gasteiger partial charge in [-0.05, 0) is 13.3 Å². The van der Waals surface area contributed by atoms with E-state index in [0.29, 0.717) is 18.8 Å². The Bertz CT molecular complexity index is 346. The average Bonchev–Trinajstić information content (AvgIpc) is 2.53. The smallest absolute Gasteiger partial charge is 0.251 e. The zero-order valence-electron chi connectivity index (χ0n) is 8.00. The van der Waals surface area contributed by atoms with Gasteiger partial charge in [0, 0.05) is 30.6 Å². The van der Waals surface area contributed by atoms with Crippen LogP contribution in [0, 0.1) is 12.8 Å². The Hall–Kier alpha value is -1.13. The average molecular weight is 201 g/mol. The van der Waals surface area contributed by atoms with Crippen molar-refractivity contribution in [2.24, 2.45) is 5.92 Å². The molecule has 0 amide bonds. The highest BCUT2D eigenvalue weighted by Crippen LogP contribution is 2.50. The lowest BCUT2D eigenvalue weighted by atomic mass is 10.3. The quantitative estimate of drug-likeness (QED) is 0.810. The molecule has 1 aromatic heterocycles. The Kier molecular flexibility index (Phi) is 1.97. The van der Waals surface area contributed by atoms with E-state index in [2.05, 4.69) is 5.10 Å². The Morgan fingerprint density at radius 1 is 1.71 bits per heavy atom. The van der Waals surface area contributed by atoms with Crippen molar-refractivity contribution < 1.29 is 8.78 Å². The first kappa shape index (κ1) is 9.43. The summed E-state index contributed by atoms with van der Waals surface area (Å²) in [6.45, 7) is 2.40. The van der Waals surface area contributed by atoms with Gasteiger partial charge in [-0.15, -0.1) is 0 Å². The molecule has 1 atom stereocenters. The normalized spacial score (nSPS) is 23.8. The molecule has 1 aromatic rings. The first-order valence-corrected chi connectivity index (χ1v) is 4.67. The second kappa shape index (κ2) is 2.93. The summed E-state index contributed by atoms with van der Waals surface area (Å²) in [5.74, 6) is -2.43. The molecule has 0 radical (unpaired) electrons. The molecule has 5 heteroatoms. The lowest BCUT2D eigenvalue weighted by molar-refractivity contribution is 0.0958. The van der Waals surface area contributed by atoms with Gasteiger partial charge in [-0.1, -0.05) is 0 Å². The van der Waals surface area contributed by atoms with Crippen LogP contribution in [0.5, 0.6) is 0 Å². The highest BCUT2D eigenvalue weighted by Gasteiger charge is 2.55. The molecule has 0 bridgehead atoms. The van der Waals surface area contributed by atoms with E-state index < -0.39 is 11.8 Å². The molecule has 1 heterocycles. The van der Waals surface area contributed by atoms with Crippen molar-refractivity contribution in [2.75, 3.05) is 5.73 Å². The third-order valence-corrected chi connectivity index (χ3v) is 2.65. The monoisotopic (exact) mass is 201 g/mol. The van der Waals surface area contributed by atoms with Gasteiger partial charge in [0.1, 0.15) is 5.82 Å². The minimum absolute atomic E-state index is 0.0306. The molecule has 1 fully saturated rings. The zero-order chi connectivity index (χ0) is 10.3. The van der Waals surface area contributed by atoms with E-state index in [1.165, 1.54) is 0 Å². The number of nitrogens with zero attached hydrogens (tertiary/aromatic N) is 2. The second-order valence-electron chi connectivity index (χ2n) is 3.88. The summed E-state index contributed by atoms with van der Waals surface area (Å²) < 4.78 is 26.8. The van der Waals surface area contributed by atoms with Gasteiger partial charge < -0.3 is 5.73 Å². The van der Waals surface area contributed by atoms with Crippen molar-refractivity contribution in [1.29, 1.82) is 0 Å². The summed E-state index contributed by atoms with van der Waals surface area (Å²) >= 11 is 0. The molecule has 1 unspecified atom stereocenters. The maximum Gasteiger partial charge on any atom is 0.251 e. The fourth-order valence-electron chi connectivity index (χ4n) is 1.62. The molecule has 14 heavy (non-hydrogen) atoms. The predicted molar refractivity (Wildman–Crippen MR) is 49.0 cm³/mol. The van der Waals surface area contributed by atoms with Crippen molar-refractivity contribution >= 4 is 5.82 Å². The number of aromatic nitrogens is 2. The molecule has 0 aromatic carbocycles. The van der Waals surface area contributed by atoms with E-state index in [-0.39, 0.29) is 6.42 Å². The van der Waals surface area contributed by atoms with E-state index >= 15 is 0 Å². The van der Waals surface area contributed by atoms with Gasteiger partial charge in [0.2, 0.25) is 0 Å². The number of halogens is 2. The van der Waals surface area contributed by atoms with E-state index in [1.54, 1.807) is 10.7 Å². The van der Waals surface area contributed by atoms with E-state index in [4.69, 9.17) is 5.73 Å². The van der Waals surface area contributed by atoms with Crippen LogP contribution in [0.25, 0.3) is 0 Å². The van der Waals surface area contributed by atoms with Gasteiger partial charge in [0.05, 0.1) is 0 Å². The summed E-state index contributed by atoms with van der Waals surface area (Å²) in [5.41, 5.74) is 6.40. The predicted octanol–water partition coefficient (Wildman–Crippen LogP) is 1.82. The van der Waals surface area contributed by atoms with Crippen LogP contribution in [-0.2, 0) is 6.54 Å². The fourth-order valence-corrected chi connectivity index (χ4v) is 1.62. The Balaban J connectivity index is 1.90. The number of anilines is 1. The van der Waals surface area contributed by atoms with Gasteiger partial charge in [0.15, 0.2) is 0 Å². The molecule has 78 valence electrons. The van der Waals surface area contributed by atoms with Gasteiger partial charge in [-0.25, -0.2) is 8.78 Å². The summed E-state index contributed by atoms with van der Waals surface area (Å²) in [5, 5.41) is 4.01. The summed E-state index contributed by atoms with van der Waals surface area (Å²) in [6, 6.07) is 1.74. The Morgan fingerprint density at radius 2 is 2.36 bits per heavy atom. The molecule has 0 aliphatic heterocycles.